The predicted molar refractivity (Wildman–Crippen MR) is 107 cm³/mol. The molecule has 1 aromatic heterocycles. The van der Waals surface area contributed by atoms with Crippen LogP contribution in [-0.2, 0) is 0 Å². The molecule has 0 aliphatic carbocycles. The van der Waals surface area contributed by atoms with E-state index >= 15 is 0 Å². The first kappa shape index (κ1) is 18.6. The lowest BCUT2D eigenvalue weighted by atomic mass is 9.93. The fourth-order valence-electron chi connectivity index (χ4n) is 3.52. The molecule has 0 unspecified atom stereocenters. The topological polar surface area (TPSA) is 46.1 Å². The largest absolute Gasteiger partial charge is 0.339 e. The number of carbonyl (C=O) groups excluding carboxylic acids is 1. The van der Waals surface area contributed by atoms with Crippen LogP contribution in [0.15, 0.2) is 60.9 Å². The minimum atomic E-state index is -0.339. The van der Waals surface area contributed by atoms with Crippen molar-refractivity contribution in [1.29, 1.82) is 0 Å². The average Bonchev–Trinajstić information content (AvgIpc) is 2.74. The maximum Gasteiger partial charge on any atom is 0.253 e. The molecule has 28 heavy (non-hydrogen) atoms. The summed E-state index contributed by atoms with van der Waals surface area (Å²) in [6.45, 7) is 1.29. The summed E-state index contributed by atoms with van der Waals surface area (Å²) in [7, 11) is 0. The summed E-state index contributed by atoms with van der Waals surface area (Å²) in [5, 5.41) is 0.664. The highest BCUT2D eigenvalue weighted by molar-refractivity contribution is 6.30. The number of aromatic nitrogens is 2. The number of amides is 1. The normalized spacial score (nSPS) is 14.9. The molecule has 3 aromatic rings. The second-order valence-corrected chi connectivity index (χ2v) is 7.35. The number of carbonyl (C=O) groups is 1. The van der Waals surface area contributed by atoms with Gasteiger partial charge in [0.15, 0.2) is 0 Å². The van der Waals surface area contributed by atoms with Crippen molar-refractivity contribution >= 4 is 17.5 Å². The van der Waals surface area contributed by atoms with Crippen molar-refractivity contribution < 1.29 is 9.18 Å². The molecular weight excluding hydrogens is 377 g/mol. The van der Waals surface area contributed by atoms with E-state index in [1.165, 1.54) is 24.3 Å². The monoisotopic (exact) mass is 395 g/mol. The molecule has 2 heterocycles. The van der Waals surface area contributed by atoms with Crippen LogP contribution in [-0.4, -0.2) is 33.9 Å². The smallest absolute Gasteiger partial charge is 0.253 e. The molecule has 6 heteroatoms. The highest BCUT2D eigenvalue weighted by Crippen LogP contribution is 2.29. The number of nitrogens with zero attached hydrogens (tertiary/aromatic N) is 3. The molecule has 1 aliphatic heterocycles. The lowest BCUT2D eigenvalue weighted by Gasteiger charge is -2.31. The van der Waals surface area contributed by atoms with Gasteiger partial charge in [0.2, 0.25) is 0 Å². The molecule has 142 valence electrons. The number of benzene rings is 2. The van der Waals surface area contributed by atoms with Crippen molar-refractivity contribution in [2.45, 2.75) is 18.8 Å². The van der Waals surface area contributed by atoms with Crippen molar-refractivity contribution in [2.75, 3.05) is 13.1 Å². The van der Waals surface area contributed by atoms with Gasteiger partial charge in [0.25, 0.3) is 5.91 Å². The lowest BCUT2D eigenvalue weighted by molar-refractivity contribution is 0.0712. The van der Waals surface area contributed by atoms with Crippen molar-refractivity contribution in [2.24, 2.45) is 0 Å². The summed E-state index contributed by atoms with van der Waals surface area (Å²) in [6.07, 6.45) is 5.18. The molecule has 0 N–H and O–H groups in total. The number of halogens is 2. The van der Waals surface area contributed by atoms with Crippen LogP contribution in [0.5, 0.6) is 0 Å². The Bertz CT molecular complexity index is 985. The zero-order valence-electron chi connectivity index (χ0n) is 15.2. The maximum atomic E-state index is 13.1. The molecule has 4 rings (SSSR count). The molecule has 1 aliphatic rings. The Morgan fingerprint density at radius 3 is 2.54 bits per heavy atom. The van der Waals surface area contributed by atoms with Gasteiger partial charge in [-0.05, 0) is 49.2 Å². The van der Waals surface area contributed by atoms with Gasteiger partial charge in [0, 0.05) is 41.4 Å². The van der Waals surface area contributed by atoms with Crippen LogP contribution in [0.1, 0.15) is 34.8 Å². The molecule has 0 spiro atoms. The van der Waals surface area contributed by atoms with Gasteiger partial charge in [-0.3, -0.25) is 9.78 Å². The molecule has 1 fully saturated rings. The highest BCUT2D eigenvalue weighted by atomic mass is 35.5. The maximum absolute atomic E-state index is 13.1. The molecule has 4 nitrogen and oxygen atoms in total. The third-order valence-electron chi connectivity index (χ3n) is 5.07. The van der Waals surface area contributed by atoms with Crippen molar-refractivity contribution in [3.8, 4) is 11.3 Å². The Labute approximate surface area is 168 Å². The summed E-state index contributed by atoms with van der Waals surface area (Å²) in [5.41, 5.74) is 3.18. The van der Waals surface area contributed by atoms with E-state index in [9.17, 15) is 9.18 Å². The van der Waals surface area contributed by atoms with Gasteiger partial charge in [-0.2, -0.15) is 0 Å². The minimum absolute atomic E-state index is 0.0581. The number of hydrogen-bond donors (Lipinski definition) is 0. The molecule has 0 atom stereocenters. The van der Waals surface area contributed by atoms with Gasteiger partial charge in [-0.1, -0.05) is 23.7 Å². The molecule has 0 bridgehead atoms. The first-order valence-corrected chi connectivity index (χ1v) is 9.60. The van der Waals surface area contributed by atoms with Gasteiger partial charge in [0.1, 0.15) is 5.82 Å². The number of piperidine rings is 1. The summed E-state index contributed by atoms with van der Waals surface area (Å²) in [6, 6.07) is 13.3. The average molecular weight is 396 g/mol. The fraction of sp³-hybridized carbons (Fsp3) is 0.227. The van der Waals surface area contributed by atoms with Crippen LogP contribution in [0, 0.1) is 5.82 Å². The van der Waals surface area contributed by atoms with Crippen LogP contribution in [0.25, 0.3) is 11.3 Å². The van der Waals surface area contributed by atoms with Gasteiger partial charge in [-0.25, -0.2) is 9.37 Å². The van der Waals surface area contributed by atoms with E-state index in [1.807, 2.05) is 29.2 Å². The van der Waals surface area contributed by atoms with Gasteiger partial charge < -0.3 is 4.90 Å². The molecule has 0 saturated carbocycles. The lowest BCUT2D eigenvalue weighted by Crippen LogP contribution is -2.38. The van der Waals surface area contributed by atoms with Crippen LogP contribution >= 0.6 is 11.6 Å². The quantitative estimate of drug-likeness (QED) is 0.630. The fourth-order valence-corrected chi connectivity index (χ4v) is 3.71. The third kappa shape index (κ3) is 4.04. The van der Waals surface area contributed by atoms with Crippen molar-refractivity contribution in [3.05, 3.63) is 83.0 Å². The Hall–Kier alpha value is -2.79. The standard InChI is InChI=1S/C22H19ClFN3O/c23-18-3-1-2-17(12-18)21-14-25-13-20(26-21)15-8-10-27(11-9-15)22(28)16-4-6-19(24)7-5-16/h1-7,12-15H,8-11H2. The number of hydrogen-bond acceptors (Lipinski definition) is 3. The zero-order chi connectivity index (χ0) is 19.5. The van der Waals surface area contributed by atoms with Crippen LogP contribution in [0.2, 0.25) is 5.02 Å². The van der Waals surface area contributed by atoms with E-state index < -0.39 is 0 Å². The van der Waals surface area contributed by atoms with E-state index in [4.69, 9.17) is 16.6 Å². The Kier molecular flexibility index (Phi) is 5.35. The van der Waals surface area contributed by atoms with Crippen LogP contribution in [0.4, 0.5) is 4.39 Å². The first-order valence-electron chi connectivity index (χ1n) is 9.23. The van der Waals surface area contributed by atoms with Crippen molar-refractivity contribution in [3.63, 3.8) is 0 Å². The molecule has 1 saturated heterocycles. The molecular formula is C22H19ClFN3O. The van der Waals surface area contributed by atoms with E-state index in [-0.39, 0.29) is 17.6 Å². The summed E-state index contributed by atoms with van der Waals surface area (Å²) in [4.78, 5) is 23.5. The van der Waals surface area contributed by atoms with Gasteiger partial charge >= 0.3 is 0 Å². The Morgan fingerprint density at radius 2 is 1.82 bits per heavy atom. The SMILES string of the molecule is O=C(c1ccc(F)cc1)N1CCC(c2cncc(-c3cccc(Cl)c3)n2)CC1. The third-order valence-corrected chi connectivity index (χ3v) is 5.30. The second-order valence-electron chi connectivity index (χ2n) is 6.91. The van der Waals surface area contributed by atoms with Crippen LogP contribution < -0.4 is 0 Å². The first-order chi connectivity index (χ1) is 13.6. The molecule has 1 amide bonds. The van der Waals surface area contributed by atoms with E-state index in [2.05, 4.69) is 4.98 Å². The zero-order valence-corrected chi connectivity index (χ0v) is 15.9. The minimum Gasteiger partial charge on any atom is -0.339 e. The summed E-state index contributed by atoms with van der Waals surface area (Å²) >= 11 is 6.08. The summed E-state index contributed by atoms with van der Waals surface area (Å²) < 4.78 is 13.1. The molecule has 2 aromatic carbocycles. The number of rotatable bonds is 3. The summed E-state index contributed by atoms with van der Waals surface area (Å²) in [5.74, 6) is -0.144. The van der Waals surface area contributed by atoms with Gasteiger partial charge in [0.05, 0.1) is 17.6 Å². The van der Waals surface area contributed by atoms with Crippen molar-refractivity contribution in [1.82, 2.24) is 14.9 Å². The van der Waals surface area contributed by atoms with Crippen LogP contribution in [0.3, 0.4) is 0 Å². The predicted octanol–water partition coefficient (Wildman–Crippen LogP) is 4.96. The highest BCUT2D eigenvalue weighted by Gasteiger charge is 2.25. The van der Waals surface area contributed by atoms with E-state index in [0.29, 0.717) is 23.7 Å². The van der Waals surface area contributed by atoms with E-state index in [1.54, 1.807) is 12.4 Å². The second kappa shape index (κ2) is 8.07. The Morgan fingerprint density at radius 1 is 1.07 bits per heavy atom. The Balaban J connectivity index is 1.44. The molecule has 0 radical (unpaired) electrons. The van der Waals surface area contributed by atoms with Gasteiger partial charge in [-0.15, -0.1) is 0 Å². The number of likely N-dealkylation sites (tertiary alicyclic amines) is 1. The van der Waals surface area contributed by atoms with E-state index in [0.717, 1.165) is 29.8 Å².